The third kappa shape index (κ3) is 3.39. The molecule has 0 saturated carbocycles. The molecule has 5 nitrogen and oxygen atoms in total. The molecule has 1 fully saturated rings. The monoisotopic (exact) mass is 319 g/mol. The van der Waals surface area contributed by atoms with Gasteiger partial charge >= 0.3 is 0 Å². The van der Waals surface area contributed by atoms with E-state index in [2.05, 4.69) is 57.4 Å². The number of nitrogens with one attached hydrogen (secondary N) is 1. The zero-order valence-corrected chi connectivity index (χ0v) is 14.4. The van der Waals surface area contributed by atoms with Crippen molar-refractivity contribution in [1.82, 2.24) is 19.8 Å². The molecule has 0 amide bonds. The maximum atomic E-state index is 4.43. The Morgan fingerprint density at radius 3 is 2.73 bits per heavy atom. The molecule has 1 atom stereocenters. The van der Waals surface area contributed by atoms with E-state index in [1.54, 1.807) is 17.7 Å². The van der Waals surface area contributed by atoms with Gasteiger partial charge in [-0.15, -0.1) is 11.3 Å². The summed E-state index contributed by atoms with van der Waals surface area (Å²) in [5.74, 6) is 1.58. The van der Waals surface area contributed by atoms with Crippen LogP contribution in [0.4, 0.5) is 5.82 Å². The van der Waals surface area contributed by atoms with Crippen LogP contribution in [0.5, 0.6) is 0 Å². The number of aromatic nitrogens is 2. The predicted octanol–water partition coefficient (Wildman–Crippen LogP) is 2.38. The molecule has 0 aromatic carbocycles. The molecule has 1 unspecified atom stereocenters. The number of rotatable bonds is 5. The quantitative estimate of drug-likeness (QED) is 0.917. The van der Waals surface area contributed by atoms with Crippen molar-refractivity contribution in [1.29, 1.82) is 0 Å². The molecule has 2 aromatic heterocycles. The first-order chi connectivity index (χ1) is 10.6. The Hall–Kier alpha value is -1.24. The highest BCUT2D eigenvalue weighted by Gasteiger charge is 2.25. The van der Waals surface area contributed by atoms with Gasteiger partial charge in [0.05, 0.1) is 5.39 Å². The fourth-order valence-electron chi connectivity index (χ4n) is 3.07. The molecule has 6 heteroatoms. The van der Waals surface area contributed by atoms with E-state index >= 15 is 0 Å². The Kier molecular flexibility index (Phi) is 4.90. The standard InChI is InChI=1S/C16H25N5S/c1-12(2)14(21-7-5-20(3)6-8-21)10-17-15-13-4-9-22-16(13)19-11-18-15/h4,9,11-12,14H,5-8,10H2,1-3H3,(H,17,18,19). The van der Waals surface area contributed by atoms with E-state index in [1.165, 1.54) is 0 Å². The number of fused-ring (bicyclic) bond motifs is 1. The molecule has 22 heavy (non-hydrogen) atoms. The minimum Gasteiger partial charge on any atom is -0.368 e. The third-order valence-electron chi connectivity index (χ3n) is 4.52. The third-order valence-corrected chi connectivity index (χ3v) is 5.34. The lowest BCUT2D eigenvalue weighted by Crippen LogP contribution is -2.52. The van der Waals surface area contributed by atoms with Crippen molar-refractivity contribution in [3.05, 3.63) is 17.8 Å². The number of thiophene rings is 1. The summed E-state index contributed by atoms with van der Waals surface area (Å²) in [6.45, 7) is 10.2. The molecule has 0 bridgehead atoms. The van der Waals surface area contributed by atoms with Crippen molar-refractivity contribution in [3.63, 3.8) is 0 Å². The summed E-state index contributed by atoms with van der Waals surface area (Å²) in [6, 6.07) is 2.64. The molecular weight excluding hydrogens is 294 g/mol. The normalized spacial score (nSPS) is 18.9. The molecule has 1 aliphatic heterocycles. The van der Waals surface area contributed by atoms with E-state index in [4.69, 9.17) is 0 Å². The average molecular weight is 319 g/mol. The summed E-state index contributed by atoms with van der Waals surface area (Å²) < 4.78 is 0. The minimum absolute atomic E-state index is 0.539. The van der Waals surface area contributed by atoms with Gasteiger partial charge in [0.25, 0.3) is 0 Å². The molecule has 1 N–H and O–H groups in total. The van der Waals surface area contributed by atoms with Gasteiger partial charge in [0.1, 0.15) is 17.0 Å². The molecule has 3 heterocycles. The van der Waals surface area contributed by atoms with Gasteiger partial charge in [0.2, 0.25) is 0 Å². The zero-order valence-electron chi connectivity index (χ0n) is 13.6. The molecule has 0 radical (unpaired) electrons. The summed E-state index contributed by atoms with van der Waals surface area (Å²) >= 11 is 1.66. The van der Waals surface area contributed by atoms with Gasteiger partial charge in [-0.3, -0.25) is 4.90 Å². The van der Waals surface area contributed by atoms with Crippen molar-refractivity contribution in [2.24, 2.45) is 5.92 Å². The number of hydrogen-bond acceptors (Lipinski definition) is 6. The van der Waals surface area contributed by atoms with Gasteiger partial charge in [-0.2, -0.15) is 0 Å². The van der Waals surface area contributed by atoms with Crippen LogP contribution in [0.3, 0.4) is 0 Å². The maximum Gasteiger partial charge on any atom is 0.138 e. The first-order valence-electron chi connectivity index (χ1n) is 8.00. The van der Waals surface area contributed by atoms with E-state index in [0.717, 1.165) is 48.8 Å². The summed E-state index contributed by atoms with van der Waals surface area (Å²) in [5.41, 5.74) is 0. The van der Waals surface area contributed by atoms with Crippen LogP contribution in [0.15, 0.2) is 17.8 Å². The van der Waals surface area contributed by atoms with E-state index in [1.807, 2.05) is 0 Å². The smallest absolute Gasteiger partial charge is 0.138 e. The Morgan fingerprint density at radius 1 is 1.23 bits per heavy atom. The largest absolute Gasteiger partial charge is 0.368 e. The highest BCUT2D eigenvalue weighted by molar-refractivity contribution is 7.16. The van der Waals surface area contributed by atoms with Gasteiger partial charge in [-0.05, 0) is 24.4 Å². The highest BCUT2D eigenvalue weighted by Crippen LogP contribution is 2.24. The molecule has 2 aromatic rings. The Labute approximate surface area is 136 Å². The SMILES string of the molecule is CC(C)C(CNc1ncnc2sccc12)N1CCN(C)CC1. The number of piperazine rings is 1. The molecule has 3 rings (SSSR count). The van der Waals surface area contributed by atoms with Crippen LogP contribution in [-0.4, -0.2) is 65.6 Å². The van der Waals surface area contributed by atoms with Crippen LogP contribution in [0.25, 0.3) is 10.2 Å². The summed E-state index contributed by atoms with van der Waals surface area (Å²) in [6.07, 6.45) is 1.65. The first-order valence-corrected chi connectivity index (χ1v) is 8.88. The van der Waals surface area contributed by atoms with Crippen molar-refractivity contribution in [3.8, 4) is 0 Å². The molecule has 0 spiro atoms. The fraction of sp³-hybridized carbons (Fsp3) is 0.625. The van der Waals surface area contributed by atoms with Crippen LogP contribution in [-0.2, 0) is 0 Å². The van der Waals surface area contributed by atoms with Crippen molar-refractivity contribution >= 4 is 27.4 Å². The lowest BCUT2D eigenvalue weighted by atomic mass is 10.0. The second-order valence-electron chi connectivity index (χ2n) is 6.39. The molecular formula is C16H25N5S. The Balaban J connectivity index is 1.68. The fourth-order valence-corrected chi connectivity index (χ4v) is 3.80. The summed E-state index contributed by atoms with van der Waals surface area (Å²) in [4.78, 5) is 14.8. The Bertz CT molecular complexity index is 603. The van der Waals surface area contributed by atoms with Crippen LogP contribution in [0.1, 0.15) is 13.8 Å². The summed E-state index contributed by atoms with van der Waals surface area (Å²) in [5, 5.41) is 6.77. The number of hydrogen-bond donors (Lipinski definition) is 1. The number of anilines is 1. The topological polar surface area (TPSA) is 44.3 Å². The first kappa shape index (κ1) is 15.6. The van der Waals surface area contributed by atoms with Crippen LogP contribution in [0, 0.1) is 5.92 Å². The number of nitrogens with zero attached hydrogens (tertiary/aromatic N) is 4. The van der Waals surface area contributed by atoms with Crippen molar-refractivity contribution in [2.75, 3.05) is 45.1 Å². The summed E-state index contributed by atoms with van der Waals surface area (Å²) in [7, 11) is 2.20. The van der Waals surface area contributed by atoms with Crippen molar-refractivity contribution in [2.45, 2.75) is 19.9 Å². The molecule has 0 aliphatic carbocycles. The average Bonchev–Trinajstić information content (AvgIpc) is 2.98. The van der Waals surface area contributed by atoms with E-state index in [-0.39, 0.29) is 0 Å². The van der Waals surface area contributed by atoms with Gasteiger partial charge in [-0.1, -0.05) is 13.8 Å². The van der Waals surface area contributed by atoms with Crippen molar-refractivity contribution < 1.29 is 0 Å². The van der Waals surface area contributed by atoms with E-state index in [0.29, 0.717) is 12.0 Å². The van der Waals surface area contributed by atoms with Gasteiger partial charge in [0, 0.05) is 38.8 Å². The minimum atomic E-state index is 0.539. The van der Waals surface area contributed by atoms with E-state index in [9.17, 15) is 0 Å². The van der Waals surface area contributed by atoms with Crippen LogP contribution in [0.2, 0.25) is 0 Å². The second-order valence-corrected chi connectivity index (χ2v) is 7.29. The van der Waals surface area contributed by atoms with Crippen LogP contribution >= 0.6 is 11.3 Å². The predicted molar refractivity (Wildman–Crippen MR) is 93.6 cm³/mol. The van der Waals surface area contributed by atoms with Gasteiger partial charge in [0.15, 0.2) is 0 Å². The second kappa shape index (κ2) is 6.89. The van der Waals surface area contributed by atoms with Gasteiger partial charge in [-0.25, -0.2) is 9.97 Å². The maximum absolute atomic E-state index is 4.43. The Morgan fingerprint density at radius 2 is 2.00 bits per heavy atom. The van der Waals surface area contributed by atoms with Gasteiger partial charge < -0.3 is 10.2 Å². The van der Waals surface area contributed by atoms with E-state index < -0.39 is 0 Å². The molecule has 120 valence electrons. The highest BCUT2D eigenvalue weighted by atomic mass is 32.1. The molecule has 1 aliphatic rings. The lowest BCUT2D eigenvalue weighted by Gasteiger charge is -2.40. The lowest BCUT2D eigenvalue weighted by molar-refractivity contribution is 0.0944. The number of likely N-dealkylation sites (N-methyl/N-ethyl adjacent to an activating group) is 1. The van der Waals surface area contributed by atoms with Crippen LogP contribution < -0.4 is 5.32 Å². The molecule has 1 saturated heterocycles. The zero-order chi connectivity index (χ0) is 15.5.